The lowest BCUT2D eigenvalue weighted by Crippen LogP contribution is -2.54. The molecule has 2 aliphatic rings. The van der Waals surface area contributed by atoms with Gasteiger partial charge < -0.3 is 9.80 Å². The molecule has 2 aliphatic heterocycles. The minimum absolute atomic E-state index is 0.00750. The Morgan fingerprint density at radius 2 is 1.97 bits per heavy atom. The molecular weight excluding hydrogens is 368 g/mol. The van der Waals surface area contributed by atoms with Crippen LogP contribution < -0.4 is 5.56 Å². The number of hydrogen-bond donors (Lipinski definition) is 1. The molecule has 1 aromatic heterocycles. The van der Waals surface area contributed by atoms with Crippen molar-refractivity contribution in [3.63, 3.8) is 0 Å². The summed E-state index contributed by atoms with van der Waals surface area (Å²) in [6.45, 7) is 5.98. The fourth-order valence-corrected chi connectivity index (χ4v) is 4.50. The Morgan fingerprint density at radius 1 is 1.14 bits per heavy atom. The van der Waals surface area contributed by atoms with Gasteiger partial charge >= 0.3 is 0 Å². The third-order valence-electron chi connectivity index (χ3n) is 5.97. The predicted molar refractivity (Wildman–Crippen MR) is 109 cm³/mol. The van der Waals surface area contributed by atoms with E-state index in [1.54, 1.807) is 4.90 Å². The number of nitrogens with zero attached hydrogens (tertiary/aromatic N) is 3. The summed E-state index contributed by atoms with van der Waals surface area (Å²) >= 11 is 0. The average molecular weight is 394 g/mol. The molecule has 7 nitrogen and oxygen atoms in total. The van der Waals surface area contributed by atoms with Gasteiger partial charge in [0.1, 0.15) is 11.7 Å². The number of carbonyl (C=O) groups is 2. The van der Waals surface area contributed by atoms with Gasteiger partial charge in [-0.1, -0.05) is 17.7 Å². The van der Waals surface area contributed by atoms with Crippen LogP contribution in [-0.4, -0.2) is 50.9 Å². The number of benzene rings is 1. The fourth-order valence-electron chi connectivity index (χ4n) is 4.50. The van der Waals surface area contributed by atoms with Crippen LogP contribution in [0.25, 0.3) is 0 Å². The zero-order valence-corrected chi connectivity index (χ0v) is 16.9. The predicted octanol–water partition coefficient (Wildman–Crippen LogP) is 1.97. The quantitative estimate of drug-likeness (QED) is 0.844. The molecule has 1 unspecified atom stereocenters. The number of rotatable bonds is 2. The van der Waals surface area contributed by atoms with Crippen LogP contribution >= 0.6 is 0 Å². The van der Waals surface area contributed by atoms with E-state index in [4.69, 9.17) is 0 Å². The molecule has 152 valence electrons. The summed E-state index contributed by atoms with van der Waals surface area (Å²) in [4.78, 5) is 41.1. The Morgan fingerprint density at radius 3 is 2.72 bits per heavy atom. The third-order valence-corrected chi connectivity index (χ3v) is 5.97. The fraction of sp³-hybridized carbons (Fsp3) is 0.455. The van der Waals surface area contributed by atoms with Gasteiger partial charge in [-0.25, -0.2) is 5.10 Å². The van der Waals surface area contributed by atoms with Crippen molar-refractivity contribution in [2.24, 2.45) is 0 Å². The molecule has 1 atom stereocenters. The molecule has 0 radical (unpaired) electrons. The number of likely N-dealkylation sites (tertiary alicyclic amines) is 1. The Kier molecular flexibility index (Phi) is 5.22. The summed E-state index contributed by atoms with van der Waals surface area (Å²) in [6.07, 6.45) is 3.28. The lowest BCUT2D eigenvalue weighted by molar-refractivity contribution is -0.138. The highest BCUT2D eigenvalue weighted by atomic mass is 16.2. The maximum absolute atomic E-state index is 13.4. The number of amides is 2. The number of aromatic nitrogens is 2. The zero-order chi connectivity index (χ0) is 20.5. The minimum atomic E-state index is -0.475. The SMILES string of the molecule is Cc1cc(C)c2c(c1)CCN(C(=O)C1CCCCN1C(=O)c1ccc(=O)[nH]n1)C2. The molecule has 0 saturated carbocycles. The maximum Gasteiger partial charge on any atom is 0.274 e. The molecule has 1 aromatic carbocycles. The van der Waals surface area contributed by atoms with Crippen molar-refractivity contribution in [3.05, 3.63) is 62.6 Å². The molecule has 29 heavy (non-hydrogen) atoms. The van der Waals surface area contributed by atoms with Gasteiger partial charge in [0, 0.05) is 25.7 Å². The van der Waals surface area contributed by atoms with Gasteiger partial charge in [-0.2, -0.15) is 5.10 Å². The average Bonchev–Trinajstić information content (AvgIpc) is 2.73. The summed E-state index contributed by atoms with van der Waals surface area (Å²) in [5.41, 5.74) is 4.82. The molecule has 2 amide bonds. The van der Waals surface area contributed by atoms with Crippen molar-refractivity contribution in [2.45, 2.75) is 52.1 Å². The highest BCUT2D eigenvalue weighted by Gasteiger charge is 2.36. The highest BCUT2D eigenvalue weighted by Crippen LogP contribution is 2.27. The van der Waals surface area contributed by atoms with Crippen LogP contribution in [0.4, 0.5) is 0 Å². The smallest absolute Gasteiger partial charge is 0.274 e. The number of aryl methyl sites for hydroxylation is 2. The molecular formula is C22H26N4O3. The van der Waals surface area contributed by atoms with Crippen molar-refractivity contribution >= 4 is 11.8 Å². The van der Waals surface area contributed by atoms with Gasteiger partial charge in [-0.05, 0) is 62.3 Å². The van der Waals surface area contributed by atoms with Crippen molar-refractivity contribution in [1.82, 2.24) is 20.0 Å². The number of fused-ring (bicyclic) bond motifs is 1. The first kappa shape index (κ1) is 19.4. The summed E-state index contributed by atoms with van der Waals surface area (Å²) in [7, 11) is 0. The first-order valence-electron chi connectivity index (χ1n) is 10.2. The molecule has 3 heterocycles. The molecule has 0 spiro atoms. The number of hydrogen-bond acceptors (Lipinski definition) is 4. The maximum atomic E-state index is 13.4. The lowest BCUT2D eigenvalue weighted by Gasteiger charge is -2.39. The minimum Gasteiger partial charge on any atom is -0.336 e. The Hall–Kier alpha value is -2.96. The summed E-state index contributed by atoms with van der Waals surface area (Å²) in [6, 6.07) is 6.60. The Bertz CT molecular complexity index is 993. The van der Waals surface area contributed by atoms with Crippen LogP contribution in [0.5, 0.6) is 0 Å². The van der Waals surface area contributed by atoms with Crippen LogP contribution in [0.2, 0.25) is 0 Å². The van der Waals surface area contributed by atoms with Crippen molar-refractivity contribution in [3.8, 4) is 0 Å². The van der Waals surface area contributed by atoms with E-state index in [1.165, 1.54) is 34.4 Å². The van der Waals surface area contributed by atoms with Crippen LogP contribution in [0.1, 0.15) is 52.0 Å². The number of piperidine rings is 1. The second kappa shape index (κ2) is 7.81. The second-order valence-electron chi connectivity index (χ2n) is 8.05. The normalized spacial score (nSPS) is 19.0. The molecule has 4 rings (SSSR count). The third kappa shape index (κ3) is 3.81. The van der Waals surface area contributed by atoms with E-state index in [9.17, 15) is 14.4 Å². The highest BCUT2D eigenvalue weighted by molar-refractivity contribution is 5.96. The molecule has 0 aliphatic carbocycles. The van der Waals surface area contributed by atoms with E-state index < -0.39 is 6.04 Å². The number of carbonyl (C=O) groups excluding carboxylic acids is 2. The van der Waals surface area contributed by atoms with Gasteiger partial charge in [-0.15, -0.1) is 0 Å². The monoisotopic (exact) mass is 394 g/mol. The van der Waals surface area contributed by atoms with Crippen LogP contribution in [0.15, 0.2) is 29.1 Å². The first-order valence-corrected chi connectivity index (χ1v) is 10.2. The van der Waals surface area contributed by atoms with Crippen molar-refractivity contribution in [1.29, 1.82) is 0 Å². The van der Waals surface area contributed by atoms with E-state index in [1.807, 2.05) is 4.90 Å². The van der Waals surface area contributed by atoms with Crippen molar-refractivity contribution < 1.29 is 9.59 Å². The Labute approximate surface area is 169 Å². The topological polar surface area (TPSA) is 86.4 Å². The Balaban J connectivity index is 1.55. The molecule has 1 saturated heterocycles. The first-order chi connectivity index (χ1) is 13.9. The van der Waals surface area contributed by atoms with Gasteiger partial charge in [0.15, 0.2) is 0 Å². The number of nitrogens with one attached hydrogen (secondary N) is 1. The summed E-state index contributed by atoms with van der Waals surface area (Å²) < 4.78 is 0. The second-order valence-corrected chi connectivity index (χ2v) is 8.05. The van der Waals surface area contributed by atoms with E-state index >= 15 is 0 Å². The van der Waals surface area contributed by atoms with Gasteiger partial charge in [-0.3, -0.25) is 14.4 Å². The molecule has 0 bridgehead atoms. The van der Waals surface area contributed by atoms with E-state index in [0.29, 0.717) is 26.1 Å². The van der Waals surface area contributed by atoms with Gasteiger partial charge in [0.25, 0.3) is 11.5 Å². The van der Waals surface area contributed by atoms with Crippen LogP contribution in [-0.2, 0) is 17.8 Å². The number of aromatic amines is 1. The summed E-state index contributed by atoms with van der Waals surface area (Å²) in [5, 5.41) is 6.16. The van der Waals surface area contributed by atoms with Gasteiger partial charge in [0.2, 0.25) is 5.91 Å². The molecule has 7 heteroatoms. The van der Waals surface area contributed by atoms with Gasteiger partial charge in [0.05, 0.1) is 0 Å². The van der Waals surface area contributed by atoms with Crippen LogP contribution in [0, 0.1) is 13.8 Å². The van der Waals surface area contributed by atoms with E-state index in [-0.39, 0.29) is 23.1 Å². The van der Waals surface area contributed by atoms with Crippen LogP contribution in [0.3, 0.4) is 0 Å². The lowest BCUT2D eigenvalue weighted by atomic mass is 9.92. The zero-order valence-electron chi connectivity index (χ0n) is 16.9. The number of H-pyrrole nitrogens is 1. The van der Waals surface area contributed by atoms with Crippen molar-refractivity contribution in [2.75, 3.05) is 13.1 Å². The molecule has 1 fully saturated rings. The van der Waals surface area contributed by atoms with E-state index in [2.05, 4.69) is 36.2 Å². The summed E-state index contributed by atoms with van der Waals surface area (Å²) in [5.74, 6) is -0.295. The molecule has 2 aromatic rings. The molecule has 1 N–H and O–H groups in total. The standard InChI is InChI=1S/C22H26N4O3/c1-14-11-15(2)17-13-25(10-8-16(17)12-14)22(29)19-5-3-4-9-26(19)21(28)18-6-7-20(27)24-23-18/h6-7,11-12,19H,3-5,8-10,13H2,1-2H3,(H,24,27). The van der Waals surface area contributed by atoms with E-state index in [0.717, 1.165) is 19.3 Å². The largest absolute Gasteiger partial charge is 0.336 e.